The highest BCUT2D eigenvalue weighted by Gasteiger charge is 2.17. The van der Waals surface area contributed by atoms with Crippen LogP contribution in [-0.2, 0) is 0 Å². The summed E-state index contributed by atoms with van der Waals surface area (Å²) in [5, 5.41) is 3.58. The molecule has 2 aromatic rings. The minimum Gasteiger partial charge on any atom is -0.496 e. The van der Waals surface area contributed by atoms with Crippen LogP contribution in [0.5, 0.6) is 5.75 Å². The number of aromatic nitrogens is 1. The highest BCUT2D eigenvalue weighted by atomic mass is 16.5. The smallest absolute Gasteiger partial charge is 0.123 e. The van der Waals surface area contributed by atoms with Gasteiger partial charge in [-0.3, -0.25) is 4.98 Å². The van der Waals surface area contributed by atoms with E-state index >= 15 is 0 Å². The Morgan fingerprint density at radius 1 is 1.25 bits per heavy atom. The lowest BCUT2D eigenvalue weighted by atomic mass is 9.98. The van der Waals surface area contributed by atoms with E-state index in [9.17, 15) is 0 Å². The zero-order valence-corrected chi connectivity index (χ0v) is 12.4. The molecule has 1 N–H and O–H groups in total. The van der Waals surface area contributed by atoms with Crippen LogP contribution < -0.4 is 10.1 Å². The van der Waals surface area contributed by atoms with Gasteiger partial charge in [0.25, 0.3) is 0 Å². The van der Waals surface area contributed by atoms with E-state index in [1.807, 2.05) is 30.6 Å². The van der Waals surface area contributed by atoms with Crippen LogP contribution in [0.25, 0.3) is 0 Å². The van der Waals surface area contributed by atoms with Crippen molar-refractivity contribution in [2.45, 2.75) is 26.3 Å². The van der Waals surface area contributed by atoms with E-state index < -0.39 is 0 Å². The van der Waals surface area contributed by atoms with E-state index in [0.717, 1.165) is 24.3 Å². The first kappa shape index (κ1) is 14.5. The molecule has 0 fully saturated rings. The number of hydrogen-bond acceptors (Lipinski definition) is 3. The van der Waals surface area contributed by atoms with Gasteiger partial charge >= 0.3 is 0 Å². The fourth-order valence-corrected chi connectivity index (χ4v) is 2.34. The lowest BCUT2D eigenvalue weighted by Crippen LogP contribution is -2.24. The quantitative estimate of drug-likeness (QED) is 0.872. The summed E-state index contributed by atoms with van der Waals surface area (Å²) in [6.45, 7) is 5.19. The molecular weight excluding hydrogens is 248 g/mol. The van der Waals surface area contributed by atoms with Gasteiger partial charge in [0.2, 0.25) is 0 Å². The van der Waals surface area contributed by atoms with Crippen LogP contribution in [0.1, 0.15) is 36.1 Å². The number of nitrogens with one attached hydrogen (secondary N) is 1. The van der Waals surface area contributed by atoms with Gasteiger partial charge in [-0.1, -0.05) is 31.2 Å². The molecule has 3 nitrogen and oxygen atoms in total. The third-order valence-electron chi connectivity index (χ3n) is 3.28. The molecule has 3 heteroatoms. The first-order chi connectivity index (χ1) is 9.76. The van der Waals surface area contributed by atoms with Crippen molar-refractivity contribution in [2.75, 3.05) is 13.7 Å². The SMILES string of the molecule is CCCNC(c1cncc(C)c1)c1ccccc1OC. The first-order valence-electron chi connectivity index (χ1n) is 7.04. The number of para-hydroxylation sites is 1. The number of methoxy groups -OCH3 is 1. The normalized spacial score (nSPS) is 12.2. The average molecular weight is 270 g/mol. The minimum absolute atomic E-state index is 0.110. The Morgan fingerprint density at radius 3 is 2.75 bits per heavy atom. The Kier molecular flexibility index (Phi) is 5.13. The molecule has 1 unspecified atom stereocenters. The molecule has 0 saturated carbocycles. The van der Waals surface area contributed by atoms with Gasteiger partial charge in [0.15, 0.2) is 0 Å². The van der Waals surface area contributed by atoms with Crippen LogP contribution >= 0.6 is 0 Å². The third-order valence-corrected chi connectivity index (χ3v) is 3.28. The van der Waals surface area contributed by atoms with Crippen molar-refractivity contribution in [1.82, 2.24) is 10.3 Å². The molecule has 1 aromatic heterocycles. The Labute approximate surface area is 121 Å². The summed E-state index contributed by atoms with van der Waals surface area (Å²) in [7, 11) is 1.71. The summed E-state index contributed by atoms with van der Waals surface area (Å²) in [5.41, 5.74) is 3.49. The van der Waals surface area contributed by atoms with Crippen LogP contribution in [0.4, 0.5) is 0 Å². The van der Waals surface area contributed by atoms with Gasteiger partial charge in [-0.2, -0.15) is 0 Å². The molecule has 0 saturated heterocycles. The summed E-state index contributed by atoms with van der Waals surface area (Å²) in [5.74, 6) is 0.905. The van der Waals surface area contributed by atoms with Crippen LogP contribution in [0.3, 0.4) is 0 Å². The molecule has 0 spiro atoms. The third kappa shape index (κ3) is 3.36. The maximum Gasteiger partial charge on any atom is 0.123 e. The van der Waals surface area contributed by atoms with E-state index in [0.29, 0.717) is 0 Å². The van der Waals surface area contributed by atoms with Gasteiger partial charge in [-0.25, -0.2) is 0 Å². The molecule has 106 valence electrons. The molecule has 1 aromatic carbocycles. The standard InChI is InChI=1S/C17H22N2O/c1-4-9-19-17(14-10-13(2)11-18-12-14)15-7-5-6-8-16(15)20-3/h5-8,10-12,17,19H,4,9H2,1-3H3. The van der Waals surface area contributed by atoms with E-state index in [1.54, 1.807) is 7.11 Å². The summed E-state index contributed by atoms with van der Waals surface area (Å²) in [6, 6.07) is 10.4. The summed E-state index contributed by atoms with van der Waals surface area (Å²) >= 11 is 0. The monoisotopic (exact) mass is 270 g/mol. The maximum atomic E-state index is 5.50. The number of ether oxygens (including phenoxy) is 1. The number of rotatable bonds is 6. The van der Waals surface area contributed by atoms with Crippen molar-refractivity contribution < 1.29 is 4.74 Å². The summed E-state index contributed by atoms with van der Waals surface area (Å²) in [4.78, 5) is 4.31. The van der Waals surface area contributed by atoms with Crippen molar-refractivity contribution in [3.05, 3.63) is 59.4 Å². The molecule has 1 atom stereocenters. The molecule has 2 rings (SSSR count). The predicted octanol–water partition coefficient (Wildman–Crippen LogP) is 3.49. The second kappa shape index (κ2) is 7.06. The molecule has 0 amide bonds. The second-order valence-electron chi connectivity index (χ2n) is 4.92. The largest absolute Gasteiger partial charge is 0.496 e. The van der Waals surface area contributed by atoms with Crippen LogP contribution in [-0.4, -0.2) is 18.6 Å². The van der Waals surface area contributed by atoms with Gasteiger partial charge in [0.1, 0.15) is 5.75 Å². The lowest BCUT2D eigenvalue weighted by molar-refractivity contribution is 0.403. The topological polar surface area (TPSA) is 34.2 Å². The van der Waals surface area contributed by atoms with Crippen molar-refractivity contribution in [2.24, 2.45) is 0 Å². The van der Waals surface area contributed by atoms with Crippen molar-refractivity contribution in [3.63, 3.8) is 0 Å². The highest BCUT2D eigenvalue weighted by molar-refractivity contribution is 5.41. The highest BCUT2D eigenvalue weighted by Crippen LogP contribution is 2.29. The maximum absolute atomic E-state index is 5.50. The number of benzene rings is 1. The van der Waals surface area contributed by atoms with Crippen LogP contribution in [0.2, 0.25) is 0 Å². The Bertz CT molecular complexity index is 554. The van der Waals surface area contributed by atoms with E-state index in [1.165, 1.54) is 11.1 Å². The van der Waals surface area contributed by atoms with Crippen LogP contribution in [0.15, 0.2) is 42.7 Å². The fourth-order valence-electron chi connectivity index (χ4n) is 2.34. The Morgan fingerprint density at radius 2 is 2.05 bits per heavy atom. The van der Waals surface area contributed by atoms with E-state index in [-0.39, 0.29) is 6.04 Å². The Hall–Kier alpha value is -1.87. The number of nitrogens with zero attached hydrogens (tertiary/aromatic N) is 1. The Balaban J connectivity index is 2.41. The van der Waals surface area contributed by atoms with Crippen molar-refractivity contribution in [3.8, 4) is 5.75 Å². The van der Waals surface area contributed by atoms with Gasteiger partial charge in [-0.15, -0.1) is 0 Å². The second-order valence-corrected chi connectivity index (χ2v) is 4.92. The number of aryl methyl sites for hydroxylation is 1. The lowest BCUT2D eigenvalue weighted by Gasteiger charge is -2.21. The van der Waals surface area contributed by atoms with Gasteiger partial charge in [-0.05, 0) is 37.1 Å². The molecule has 0 aliphatic heterocycles. The van der Waals surface area contributed by atoms with Gasteiger partial charge in [0, 0.05) is 18.0 Å². The van der Waals surface area contributed by atoms with Gasteiger partial charge < -0.3 is 10.1 Å². The number of pyridine rings is 1. The van der Waals surface area contributed by atoms with Crippen molar-refractivity contribution in [1.29, 1.82) is 0 Å². The first-order valence-corrected chi connectivity index (χ1v) is 7.04. The van der Waals surface area contributed by atoms with Crippen molar-refractivity contribution >= 4 is 0 Å². The summed E-state index contributed by atoms with van der Waals surface area (Å²) < 4.78 is 5.50. The molecule has 0 bridgehead atoms. The minimum atomic E-state index is 0.110. The van der Waals surface area contributed by atoms with Gasteiger partial charge in [0.05, 0.1) is 13.2 Å². The average Bonchev–Trinajstić information content (AvgIpc) is 2.48. The molecule has 0 aliphatic rings. The molecule has 0 aliphatic carbocycles. The number of hydrogen-bond donors (Lipinski definition) is 1. The molecule has 20 heavy (non-hydrogen) atoms. The zero-order chi connectivity index (χ0) is 14.4. The van der Waals surface area contributed by atoms with E-state index in [4.69, 9.17) is 4.74 Å². The molecule has 1 heterocycles. The molecule has 0 radical (unpaired) electrons. The molecular formula is C17H22N2O. The fraction of sp³-hybridized carbons (Fsp3) is 0.353. The van der Waals surface area contributed by atoms with E-state index in [2.05, 4.69) is 36.3 Å². The zero-order valence-electron chi connectivity index (χ0n) is 12.4. The predicted molar refractivity (Wildman–Crippen MR) is 82.1 cm³/mol. The summed E-state index contributed by atoms with van der Waals surface area (Å²) in [6.07, 6.45) is 4.89. The van der Waals surface area contributed by atoms with Crippen LogP contribution in [0, 0.1) is 6.92 Å².